The van der Waals surface area contributed by atoms with Crippen molar-refractivity contribution in [2.45, 2.75) is 26.2 Å². The summed E-state index contributed by atoms with van der Waals surface area (Å²) in [5.41, 5.74) is 2.47. The van der Waals surface area contributed by atoms with Crippen LogP contribution >= 0.6 is 0 Å². The van der Waals surface area contributed by atoms with E-state index in [2.05, 4.69) is 49.1 Å². The van der Waals surface area contributed by atoms with Gasteiger partial charge in [-0.2, -0.15) is 5.26 Å². The van der Waals surface area contributed by atoms with E-state index >= 15 is 0 Å². The fraction of sp³-hybridized carbons (Fsp3) is 0.533. The van der Waals surface area contributed by atoms with E-state index in [4.69, 9.17) is 5.26 Å². The van der Waals surface area contributed by atoms with Crippen molar-refractivity contribution < 1.29 is 0 Å². The molecular formula is C15H22N2. The summed E-state index contributed by atoms with van der Waals surface area (Å²) in [5, 5.41) is 9.17. The van der Waals surface area contributed by atoms with Crippen molar-refractivity contribution in [2.24, 2.45) is 5.92 Å². The van der Waals surface area contributed by atoms with Crippen molar-refractivity contribution >= 4 is 0 Å². The molecule has 2 heteroatoms. The number of nitriles is 1. The fourth-order valence-corrected chi connectivity index (χ4v) is 1.94. The van der Waals surface area contributed by atoms with Crippen LogP contribution < -0.4 is 0 Å². The Balaban J connectivity index is 2.75. The van der Waals surface area contributed by atoms with Gasteiger partial charge in [0, 0.05) is 6.54 Å². The van der Waals surface area contributed by atoms with Gasteiger partial charge in [0.05, 0.1) is 12.0 Å². The summed E-state index contributed by atoms with van der Waals surface area (Å²) in [6.45, 7) is 5.22. The summed E-state index contributed by atoms with van der Waals surface area (Å²) in [7, 11) is 3.99. The van der Waals surface area contributed by atoms with Crippen molar-refractivity contribution in [3.63, 3.8) is 0 Å². The molecule has 0 aliphatic carbocycles. The topological polar surface area (TPSA) is 27.0 Å². The molecule has 17 heavy (non-hydrogen) atoms. The van der Waals surface area contributed by atoms with Gasteiger partial charge in [-0.25, -0.2) is 0 Å². The highest BCUT2D eigenvalue weighted by Gasteiger charge is 2.11. The molecule has 0 aliphatic heterocycles. The molecule has 2 nitrogen and oxygen atoms in total. The molecule has 0 saturated heterocycles. The number of hydrogen-bond acceptors (Lipinski definition) is 2. The van der Waals surface area contributed by atoms with Crippen LogP contribution in [0.2, 0.25) is 0 Å². The molecular weight excluding hydrogens is 208 g/mol. The summed E-state index contributed by atoms with van der Waals surface area (Å²) in [4.78, 5) is 2.05. The predicted octanol–water partition coefficient (Wildman–Crippen LogP) is 3.05. The Bertz CT molecular complexity index is 371. The van der Waals surface area contributed by atoms with E-state index < -0.39 is 0 Å². The number of benzene rings is 1. The largest absolute Gasteiger partial charge is 0.308 e. The second-order valence-corrected chi connectivity index (χ2v) is 5.28. The maximum Gasteiger partial charge on any atom is 0.0839 e. The van der Waals surface area contributed by atoms with Gasteiger partial charge in [-0.15, -0.1) is 0 Å². The molecule has 1 unspecified atom stereocenters. The van der Waals surface area contributed by atoms with E-state index in [9.17, 15) is 0 Å². The highest BCUT2D eigenvalue weighted by atomic mass is 15.1. The summed E-state index contributed by atoms with van der Waals surface area (Å²) >= 11 is 0. The van der Waals surface area contributed by atoms with E-state index in [-0.39, 0.29) is 5.92 Å². The lowest BCUT2D eigenvalue weighted by Gasteiger charge is -2.15. The van der Waals surface area contributed by atoms with Gasteiger partial charge in [-0.1, -0.05) is 38.1 Å². The van der Waals surface area contributed by atoms with Gasteiger partial charge in [0.25, 0.3) is 0 Å². The third kappa shape index (κ3) is 4.58. The standard InChI is InChI=1S/C15H22N2/c1-12(2)9-13-5-7-14(8-6-13)15(10-16)11-17(3)4/h5-8,12,15H,9,11H2,1-4H3. The minimum atomic E-state index is -0.0295. The minimum absolute atomic E-state index is 0.0295. The zero-order chi connectivity index (χ0) is 12.8. The zero-order valence-corrected chi connectivity index (χ0v) is 11.3. The van der Waals surface area contributed by atoms with Gasteiger partial charge in [-0.05, 0) is 37.6 Å². The van der Waals surface area contributed by atoms with Crippen LogP contribution in [0.4, 0.5) is 0 Å². The number of likely N-dealkylation sites (N-methyl/N-ethyl adjacent to an activating group) is 1. The van der Waals surface area contributed by atoms with Crippen LogP contribution in [0.5, 0.6) is 0 Å². The average Bonchev–Trinajstić information content (AvgIpc) is 2.26. The molecule has 0 spiro atoms. The summed E-state index contributed by atoms with van der Waals surface area (Å²) < 4.78 is 0. The maximum atomic E-state index is 9.17. The normalized spacial score (nSPS) is 12.8. The van der Waals surface area contributed by atoms with Crippen molar-refractivity contribution in [3.05, 3.63) is 35.4 Å². The lowest BCUT2D eigenvalue weighted by atomic mass is 9.96. The molecule has 1 rings (SSSR count). The first-order valence-corrected chi connectivity index (χ1v) is 6.16. The smallest absolute Gasteiger partial charge is 0.0839 e. The number of hydrogen-bond donors (Lipinski definition) is 0. The van der Waals surface area contributed by atoms with Crippen LogP contribution in [0.15, 0.2) is 24.3 Å². The Morgan fingerprint density at radius 1 is 1.18 bits per heavy atom. The van der Waals surface area contributed by atoms with E-state index in [0.29, 0.717) is 5.92 Å². The molecule has 1 aromatic carbocycles. The molecule has 0 saturated carbocycles. The molecule has 0 aliphatic rings. The van der Waals surface area contributed by atoms with Gasteiger partial charge >= 0.3 is 0 Å². The van der Waals surface area contributed by atoms with E-state index in [1.165, 1.54) is 5.56 Å². The van der Waals surface area contributed by atoms with Crippen molar-refractivity contribution in [1.29, 1.82) is 5.26 Å². The quantitative estimate of drug-likeness (QED) is 0.777. The van der Waals surface area contributed by atoms with Crippen molar-refractivity contribution in [3.8, 4) is 6.07 Å². The fourth-order valence-electron chi connectivity index (χ4n) is 1.94. The SMILES string of the molecule is CC(C)Cc1ccc(C(C#N)CN(C)C)cc1. The van der Waals surface area contributed by atoms with Gasteiger partial charge < -0.3 is 4.90 Å². The van der Waals surface area contributed by atoms with Crippen LogP contribution in [-0.4, -0.2) is 25.5 Å². The van der Waals surface area contributed by atoms with Crippen LogP contribution in [0.1, 0.15) is 30.9 Å². The number of nitrogens with zero attached hydrogens (tertiary/aromatic N) is 2. The molecule has 0 N–H and O–H groups in total. The first-order chi connectivity index (χ1) is 8.02. The van der Waals surface area contributed by atoms with Gasteiger partial charge in [0.2, 0.25) is 0 Å². The van der Waals surface area contributed by atoms with Crippen LogP contribution in [0.25, 0.3) is 0 Å². The highest BCUT2D eigenvalue weighted by Crippen LogP contribution is 2.17. The Labute approximate surface area is 105 Å². The van der Waals surface area contributed by atoms with E-state index in [1.807, 2.05) is 14.1 Å². The summed E-state index contributed by atoms with van der Waals surface area (Å²) in [5.74, 6) is 0.646. The first kappa shape index (κ1) is 13.7. The van der Waals surface area contributed by atoms with E-state index in [1.54, 1.807) is 0 Å². The van der Waals surface area contributed by atoms with Crippen LogP contribution in [0.3, 0.4) is 0 Å². The minimum Gasteiger partial charge on any atom is -0.308 e. The van der Waals surface area contributed by atoms with Crippen LogP contribution in [-0.2, 0) is 6.42 Å². The van der Waals surface area contributed by atoms with Gasteiger partial charge in [-0.3, -0.25) is 0 Å². The maximum absolute atomic E-state index is 9.17. The van der Waals surface area contributed by atoms with Crippen LogP contribution in [0, 0.1) is 17.2 Å². The predicted molar refractivity (Wildman–Crippen MR) is 71.9 cm³/mol. The molecule has 92 valence electrons. The molecule has 0 bridgehead atoms. The Hall–Kier alpha value is -1.33. The molecule has 0 radical (unpaired) electrons. The monoisotopic (exact) mass is 230 g/mol. The lowest BCUT2D eigenvalue weighted by Crippen LogP contribution is -2.19. The summed E-state index contributed by atoms with van der Waals surface area (Å²) in [6, 6.07) is 10.8. The average molecular weight is 230 g/mol. The Morgan fingerprint density at radius 2 is 1.76 bits per heavy atom. The van der Waals surface area contributed by atoms with Gasteiger partial charge in [0.1, 0.15) is 0 Å². The lowest BCUT2D eigenvalue weighted by molar-refractivity contribution is 0.398. The van der Waals surface area contributed by atoms with Gasteiger partial charge in [0.15, 0.2) is 0 Å². The Kier molecular flexibility index (Phi) is 5.18. The van der Waals surface area contributed by atoms with Crippen molar-refractivity contribution in [1.82, 2.24) is 4.90 Å². The van der Waals surface area contributed by atoms with Crippen molar-refractivity contribution in [2.75, 3.05) is 20.6 Å². The molecule has 0 fully saturated rings. The Morgan fingerprint density at radius 3 is 2.18 bits per heavy atom. The summed E-state index contributed by atoms with van der Waals surface area (Å²) in [6.07, 6.45) is 1.10. The molecule has 1 aromatic rings. The molecule has 0 amide bonds. The number of rotatable bonds is 5. The van der Waals surface area contributed by atoms with E-state index in [0.717, 1.165) is 18.5 Å². The second-order valence-electron chi connectivity index (χ2n) is 5.28. The molecule has 0 aromatic heterocycles. The molecule has 0 heterocycles. The third-order valence-electron chi connectivity index (χ3n) is 2.73. The third-order valence-corrected chi connectivity index (χ3v) is 2.73. The molecule has 1 atom stereocenters. The second kappa shape index (κ2) is 6.42. The first-order valence-electron chi connectivity index (χ1n) is 6.16. The highest BCUT2D eigenvalue weighted by molar-refractivity contribution is 5.29. The zero-order valence-electron chi connectivity index (χ0n) is 11.3.